The SMILES string of the molecule is Cl.O=C(O)c1cc2cc(F)ccc2n1Cc1cccc(F)c1. The number of aromatic carboxylic acids is 1. The predicted octanol–water partition coefficient (Wildman–Crippen LogP) is 4.09. The highest BCUT2D eigenvalue weighted by Crippen LogP contribution is 2.22. The Kier molecular flexibility index (Phi) is 4.47. The van der Waals surface area contributed by atoms with E-state index >= 15 is 0 Å². The fourth-order valence-corrected chi connectivity index (χ4v) is 2.41. The van der Waals surface area contributed by atoms with Crippen LogP contribution >= 0.6 is 12.4 Å². The first-order chi connectivity index (χ1) is 10.0. The molecule has 0 aliphatic heterocycles. The van der Waals surface area contributed by atoms with E-state index in [1.54, 1.807) is 12.1 Å². The number of carboxylic acid groups (broad SMARTS) is 1. The number of hydrogen-bond donors (Lipinski definition) is 1. The molecule has 3 rings (SSSR count). The van der Waals surface area contributed by atoms with E-state index in [0.717, 1.165) is 0 Å². The zero-order valence-corrected chi connectivity index (χ0v) is 12.1. The molecule has 0 amide bonds. The lowest BCUT2D eigenvalue weighted by Crippen LogP contribution is -2.09. The third-order valence-corrected chi connectivity index (χ3v) is 3.31. The lowest BCUT2D eigenvalue weighted by Gasteiger charge is -2.08. The van der Waals surface area contributed by atoms with Crippen molar-refractivity contribution in [3.05, 3.63) is 71.4 Å². The maximum Gasteiger partial charge on any atom is 0.352 e. The molecule has 0 fully saturated rings. The van der Waals surface area contributed by atoms with Crippen LogP contribution in [0.4, 0.5) is 8.78 Å². The van der Waals surface area contributed by atoms with Crippen LogP contribution in [-0.4, -0.2) is 15.6 Å². The van der Waals surface area contributed by atoms with Gasteiger partial charge >= 0.3 is 5.97 Å². The molecule has 0 aliphatic carbocycles. The van der Waals surface area contributed by atoms with Crippen molar-refractivity contribution >= 4 is 29.3 Å². The number of benzene rings is 2. The number of carbonyl (C=O) groups is 1. The van der Waals surface area contributed by atoms with E-state index in [9.17, 15) is 18.7 Å². The van der Waals surface area contributed by atoms with Crippen LogP contribution in [0.25, 0.3) is 10.9 Å². The van der Waals surface area contributed by atoms with Crippen molar-refractivity contribution in [3.8, 4) is 0 Å². The molecule has 6 heteroatoms. The molecule has 0 unspecified atom stereocenters. The maximum atomic E-state index is 13.3. The lowest BCUT2D eigenvalue weighted by molar-refractivity contribution is 0.0686. The number of carboxylic acids is 1. The summed E-state index contributed by atoms with van der Waals surface area (Å²) < 4.78 is 28.0. The lowest BCUT2D eigenvalue weighted by atomic mass is 10.2. The van der Waals surface area contributed by atoms with E-state index in [2.05, 4.69) is 0 Å². The standard InChI is InChI=1S/C16H11F2NO2.ClH/c17-12-3-1-2-10(6-12)9-19-14-5-4-13(18)7-11(14)8-15(19)16(20)21;/h1-8H,9H2,(H,20,21);1H. The fourth-order valence-electron chi connectivity index (χ4n) is 2.41. The van der Waals surface area contributed by atoms with Crippen molar-refractivity contribution in [2.45, 2.75) is 6.54 Å². The van der Waals surface area contributed by atoms with E-state index < -0.39 is 11.8 Å². The summed E-state index contributed by atoms with van der Waals surface area (Å²) in [7, 11) is 0. The summed E-state index contributed by atoms with van der Waals surface area (Å²) in [5.74, 6) is -1.92. The van der Waals surface area contributed by atoms with Gasteiger partial charge in [0.15, 0.2) is 0 Å². The van der Waals surface area contributed by atoms with Crippen LogP contribution in [0.15, 0.2) is 48.5 Å². The Hall–Kier alpha value is -2.40. The molecule has 0 atom stereocenters. The summed E-state index contributed by atoms with van der Waals surface area (Å²) >= 11 is 0. The number of aromatic nitrogens is 1. The van der Waals surface area contributed by atoms with E-state index in [0.29, 0.717) is 16.5 Å². The van der Waals surface area contributed by atoms with Crippen LogP contribution in [0.2, 0.25) is 0 Å². The third-order valence-electron chi connectivity index (χ3n) is 3.31. The molecule has 3 aromatic rings. The normalized spacial score (nSPS) is 10.5. The smallest absolute Gasteiger partial charge is 0.352 e. The van der Waals surface area contributed by atoms with Gasteiger partial charge in [-0.15, -0.1) is 12.4 Å². The van der Waals surface area contributed by atoms with Gasteiger partial charge < -0.3 is 9.67 Å². The Balaban J connectivity index is 0.00000176. The molecule has 114 valence electrons. The maximum absolute atomic E-state index is 13.3. The second kappa shape index (κ2) is 6.15. The Bertz CT molecular complexity index is 845. The Morgan fingerprint density at radius 3 is 2.45 bits per heavy atom. The highest BCUT2D eigenvalue weighted by atomic mass is 35.5. The first kappa shape index (κ1) is 16.0. The monoisotopic (exact) mass is 323 g/mol. The molecule has 1 heterocycles. The van der Waals surface area contributed by atoms with Gasteiger partial charge in [-0.05, 0) is 42.0 Å². The van der Waals surface area contributed by atoms with Gasteiger partial charge in [-0.1, -0.05) is 12.1 Å². The van der Waals surface area contributed by atoms with Gasteiger partial charge in [-0.3, -0.25) is 0 Å². The van der Waals surface area contributed by atoms with E-state index in [-0.39, 0.29) is 30.5 Å². The Morgan fingerprint density at radius 1 is 1.05 bits per heavy atom. The summed E-state index contributed by atoms with van der Waals surface area (Å²) in [4.78, 5) is 11.3. The highest BCUT2D eigenvalue weighted by Gasteiger charge is 2.15. The minimum Gasteiger partial charge on any atom is -0.477 e. The second-order valence-corrected chi connectivity index (χ2v) is 4.75. The first-order valence-electron chi connectivity index (χ1n) is 6.31. The van der Waals surface area contributed by atoms with Gasteiger partial charge in [0.2, 0.25) is 0 Å². The molecule has 22 heavy (non-hydrogen) atoms. The van der Waals surface area contributed by atoms with Crippen LogP contribution in [0.1, 0.15) is 16.1 Å². The molecular formula is C16H12ClF2NO2. The minimum atomic E-state index is -1.11. The van der Waals surface area contributed by atoms with Gasteiger partial charge in [0.05, 0.1) is 0 Å². The van der Waals surface area contributed by atoms with Crippen molar-refractivity contribution in [1.29, 1.82) is 0 Å². The largest absolute Gasteiger partial charge is 0.477 e. The quantitative estimate of drug-likeness (QED) is 0.789. The molecule has 3 nitrogen and oxygen atoms in total. The first-order valence-corrected chi connectivity index (χ1v) is 6.31. The number of halogens is 3. The third kappa shape index (κ3) is 2.94. The van der Waals surface area contributed by atoms with Crippen LogP contribution in [-0.2, 0) is 6.54 Å². The minimum absolute atomic E-state index is 0. The van der Waals surface area contributed by atoms with Crippen molar-refractivity contribution in [3.63, 3.8) is 0 Å². The van der Waals surface area contributed by atoms with Gasteiger partial charge in [0.25, 0.3) is 0 Å². The zero-order chi connectivity index (χ0) is 15.0. The predicted molar refractivity (Wildman–Crippen MR) is 81.6 cm³/mol. The topological polar surface area (TPSA) is 42.2 Å². The summed E-state index contributed by atoms with van der Waals surface area (Å²) in [5, 5.41) is 9.78. The van der Waals surface area contributed by atoms with Crippen molar-refractivity contribution in [1.82, 2.24) is 4.57 Å². The van der Waals surface area contributed by atoms with E-state index in [4.69, 9.17) is 0 Å². The van der Waals surface area contributed by atoms with E-state index in [1.807, 2.05) is 0 Å². The zero-order valence-electron chi connectivity index (χ0n) is 11.3. The summed E-state index contributed by atoms with van der Waals surface area (Å²) in [6.07, 6.45) is 0. The molecule has 2 aromatic carbocycles. The average Bonchev–Trinajstić information content (AvgIpc) is 2.77. The molecule has 1 aromatic heterocycles. The van der Waals surface area contributed by atoms with Crippen LogP contribution < -0.4 is 0 Å². The van der Waals surface area contributed by atoms with Crippen molar-refractivity contribution in [2.75, 3.05) is 0 Å². The molecule has 0 saturated heterocycles. The Labute approximate surface area is 131 Å². The van der Waals surface area contributed by atoms with Crippen molar-refractivity contribution < 1.29 is 18.7 Å². The molecule has 0 saturated carbocycles. The number of rotatable bonds is 3. The van der Waals surface area contributed by atoms with Gasteiger partial charge in [-0.25, -0.2) is 13.6 Å². The molecule has 0 aliphatic rings. The fraction of sp³-hybridized carbons (Fsp3) is 0.0625. The van der Waals surface area contributed by atoms with E-state index in [1.165, 1.54) is 41.0 Å². The van der Waals surface area contributed by atoms with Gasteiger partial charge in [0.1, 0.15) is 17.3 Å². The molecule has 1 N–H and O–H groups in total. The van der Waals surface area contributed by atoms with Gasteiger partial charge in [-0.2, -0.15) is 0 Å². The van der Waals surface area contributed by atoms with Gasteiger partial charge in [0, 0.05) is 17.4 Å². The molecule has 0 radical (unpaired) electrons. The molecule has 0 spiro atoms. The second-order valence-electron chi connectivity index (χ2n) is 4.75. The average molecular weight is 324 g/mol. The summed E-state index contributed by atoms with van der Waals surface area (Å²) in [6, 6.07) is 11.4. The summed E-state index contributed by atoms with van der Waals surface area (Å²) in [6.45, 7) is 0.203. The number of hydrogen-bond acceptors (Lipinski definition) is 1. The number of nitrogens with zero attached hydrogens (tertiary/aromatic N) is 1. The summed E-state index contributed by atoms with van der Waals surface area (Å²) in [5.41, 5.74) is 1.28. The van der Waals surface area contributed by atoms with Crippen LogP contribution in [0.3, 0.4) is 0 Å². The Morgan fingerprint density at radius 2 is 1.77 bits per heavy atom. The highest BCUT2D eigenvalue weighted by molar-refractivity contribution is 5.94. The van der Waals surface area contributed by atoms with Crippen LogP contribution in [0.5, 0.6) is 0 Å². The molecule has 0 bridgehead atoms. The van der Waals surface area contributed by atoms with Crippen LogP contribution in [0, 0.1) is 11.6 Å². The molecular weight excluding hydrogens is 312 g/mol. The number of fused-ring (bicyclic) bond motifs is 1. The van der Waals surface area contributed by atoms with Crippen molar-refractivity contribution in [2.24, 2.45) is 0 Å².